The molecule has 0 atom stereocenters. The molecule has 94 valence electrons. The van der Waals surface area contributed by atoms with Crippen LogP contribution < -0.4 is 14.8 Å². The molecule has 0 heterocycles. The van der Waals surface area contributed by atoms with Crippen LogP contribution in [0.3, 0.4) is 0 Å². The second-order valence-electron chi connectivity index (χ2n) is 4.18. The van der Waals surface area contributed by atoms with Crippen molar-refractivity contribution in [1.82, 2.24) is 5.32 Å². The van der Waals surface area contributed by atoms with Crippen LogP contribution in [-0.2, 0) is 6.54 Å². The summed E-state index contributed by atoms with van der Waals surface area (Å²) >= 11 is 3.50. The van der Waals surface area contributed by atoms with E-state index < -0.39 is 0 Å². The van der Waals surface area contributed by atoms with E-state index in [9.17, 15) is 0 Å². The Labute approximate surface area is 111 Å². The first kappa shape index (κ1) is 12.7. The Morgan fingerprint density at radius 1 is 1.41 bits per heavy atom. The molecule has 4 heteroatoms. The lowest BCUT2D eigenvalue weighted by molar-refractivity contribution is 0.306. The van der Waals surface area contributed by atoms with Crippen molar-refractivity contribution in [3.8, 4) is 11.5 Å². The first-order valence-corrected chi connectivity index (χ1v) is 6.76. The predicted octanol–water partition coefficient (Wildman–Crippen LogP) is 3.11. The fourth-order valence-corrected chi connectivity index (χ4v) is 2.24. The highest BCUT2D eigenvalue weighted by Crippen LogP contribution is 2.35. The van der Waals surface area contributed by atoms with Gasteiger partial charge in [-0.05, 0) is 31.9 Å². The fourth-order valence-electron chi connectivity index (χ4n) is 1.76. The van der Waals surface area contributed by atoms with Crippen LogP contribution >= 0.6 is 15.9 Å². The summed E-state index contributed by atoms with van der Waals surface area (Å²) in [7, 11) is 1.67. The summed E-state index contributed by atoms with van der Waals surface area (Å²) < 4.78 is 12.1. The zero-order valence-corrected chi connectivity index (χ0v) is 11.8. The lowest BCUT2D eigenvalue weighted by Gasteiger charge is -2.15. The Morgan fingerprint density at radius 2 is 2.18 bits per heavy atom. The van der Waals surface area contributed by atoms with E-state index in [2.05, 4.69) is 27.3 Å². The van der Waals surface area contributed by atoms with Crippen molar-refractivity contribution >= 4 is 15.9 Å². The fraction of sp³-hybridized carbons (Fsp3) is 0.538. The van der Waals surface area contributed by atoms with Gasteiger partial charge in [-0.25, -0.2) is 0 Å². The smallest absolute Gasteiger partial charge is 0.165 e. The van der Waals surface area contributed by atoms with Gasteiger partial charge in [0.15, 0.2) is 11.5 Å². The number of hydrogen-bond donors (Lipinski definition) is 1. The van der Waals surface area contributed by atoms with Gasteiger partial charge in [0.1, 0.15) is 0 Å². The minimum absolute atomic E-state index is 0.647. The highest BCUT2D eigenvalue weighted by Gasteiger charge is 2.21. The van der Waals surface area contributed by atoms with Gasteiger partial charge in [-0.15, -0.1) is 0 Å². The molecule has 0 spiro atoms. The maximum atomic E-state index is 5.68. The van der Waals surface area contributed by atoms with Crippen LogP contribution in [0.2, 0.25) is 0 Å². The molecule has 0 saturated heterocycles. The maximum Gasteiger partial charge on any atom is 0.165 e. The zero-order chi connectivity index (χ0) is 12.3. The van der Waals surface area contributed by atoms with Crippen molar-refractivity contribution in [1.29, 1.82) is 0 Å². The van der Waals surface area contributed by atoms with Gasteiger partial charge in [0, 0.05) is 22.6 Å². The number of benzene rings is 1. The van der Waals surface area contributed by atoms with Crippen molar-refractivity contribution in [2.75, 3.05) is 13.7 Å². The summed E-state index contributed by atoms with van der Waals surface area (Å²) in [4.78, 5) is 0. The summed E-state index contributed by atoms with van der Waals surface area (Å²) in [5.41, 5.74) is 1.14. The molecule has 1 fully saturated rings. The van der Waals surface area contributed by atoms with Crippen LogP contribution in [-0.4, -0.2) is 19.8 Å². The molecule has 1 aliphatic rings. The van der Waals surface area contributed by atoms with E-state index in [1.54, 1.807) is 7.11 Å². The van der Waals surface area contributed by atoms with Gasteiger partial charge in [-0.3, -0.25) is 0 Å². The van der Waals surface area contributed by atoms with E-state index >= 15 is 0 Å². The summed E-state index contributed by atoms with van der Waals surface area (Å²) in [5, 5.41) is 3.49. The molecule has 0 aromatic heterocycles. The standard InChI is InChI=1S/C13H18BrNO2/c1-3-17-13-9(8-15-11-4-5-11)6-10(14)7-12(13)16-2/h6-7,11,15H,3-5,8H2,1-2H3. The third kappa shape index (κ3) is 3.36. The third-order valence-electron chi connectivity index (χ3n) is 2.76. The number of hydrogen-bond acceptors (Lipinski definition) is 3. The van der Waals surface area contributed by atoms with E-state index in [0.717, 1.165) is 28.1 Å². The zero-order valence-electron chi connectivity index (χ0n) is 10.3. The highest BCUT2D eigenvalue weighted by atomic mass is 79.9. The van der Waals surface area contributed by atoms with Crippen LogP contribution in [0.4, 0.5) is 0 Å². The summed E-state index contributed by atoms with van der Waals surface area (Å²) in [6.45, 7) is 3.46. The summed E-state index contributed by atoms with van der Waals surface area (Å²) in [6, 6.07) is 4.71. The number of halogens is 1. The predicted molar refractivity (Wildman–Crippen MR) is 71.7 cm³/mol. The number of nitrogens with one attached hydrogen (secondary N) is 1. The first-order chi connectivity index (χ1) is 8.24. The Hall–Kier alpha value is -0.740. The van der Waals surface area contributed by atoms with E-state index in [0.29, 0.717) is 12.6 Å². The molecule has 1 saturated carbocycles. The number of rotatable bonds is 6. The molecule has 0 radical (unpaired) electrons. The van der Waals surface area contributed by atoms with Crippen molar-refractivity contribution in [3.05, 3.63) is 22.2 Å². The van der Waals surface area contributed by atoms with E-state index in [1.807, 2.05) is 13.0 Å². The lowest BCUT2D eigenvalue weighted by Crippen LogP contribution is -2.16. The molecule has 1 N–H and O–H groups in total. The quantitative estimate of drug-likeness (QED) is 0.875. The summed E-state index contributed by atoms with van der Waals surface area (Å²) in [6.07, 6.45) is 2.57. The number of methoxy groups -OCH3 is 1. The van der Waals surface area contributed by atoms with Gasteiger partial charge in [-0.1, -0.05) is 15.9 Å². The Balaban J connectivity index is 2.21. The minimum Gasteiger partial charge on any atom is -0.493 e. The molecule has 0 amide bonds. The van der Waals surface area contributed by atoms with Crippen LogP contribution in [0.25, 0.3) is 0 Å². The highest BCUT2D eigenvalue weighted by molar-refractivity contribution is 9.10. The second kappa shape index (κ2) is 5.74. The van der Waals surface area contributed by atoms with Crippen molar-refractivity contribution < 1.29 is 9.47 Å². The maximum absolute atomic E-state index is 5.68. The van der Waals surface area contributed by atoms with Gasteiger partial charge in [0.25, 0.3) is 0 Å². The second-order valence-corrected chi connectivity index (χ2v) is 5.10. The van der Waals surface area contributed by atoms with Crippen molar-refractivity contribution in [2.24, 2.45) is 0 Å². The summed E-state index contributed by atoms with van der Waals surface area (Å²) in [5.74, 6) is 1.64. The third-order valence-corrected chi connectivity index (χ3v) is 3.22. The minimum atomic E-state index is 0.647. The lowest BCUT2D eigenvalue weighted by atomic mass is 10.2. The molecular weight excluding hydrogens is 282 g/mol. The molecule has 0 aliphatic heterocycles. The van der Waals surface area contributed by atoms with Crippen LogP contribution in [0.15, 0.2) is 16.6 Å². The van der Waals surface area contributed by atoms with Gasteiger partial charge in [-0.2, -0.15) is 0 Å². The van der Waals surface area contributed by atoms with Gasteiger partial charge in [0.05, 0.1) is 13.7 Å². The van der Waals surface area contributed by atoms with Crippen molar-refractivity contribution in [3.63, 3.8) is 0 Å². The Bertz CT molecular complexity index is 391. The van der Waals surface area contributed by atoms with E-state index in [4.69, 9.17) is 9.47 Å². The van der Waals surface area contributed by atoms with Crippen LogP contribution in [0.5, 0.6) is 11.5 Å². The number of ether oxygens (including phenoxy) is 2. The molecule has 2 rings (SSSR count). The normalized spacial score (nSPS) is 14.8. The van der Waals surface area contributed by atoms with Crippen LogP contribution in [0, 0.1) is 0 Å². The van der Waals surface area contributed by atoms with Gasteiger partial charge in [0.2, 0.25) is 0 Å². The molecule has 1 aliphatic carbocycles. The molecule has 3 nitrogen and oxygen atoms in total. The topological polar surface area (TPSA) is 30.5 Å². The monoisotopic (exact) mass is 299 g/mol. The molecule has 17 heavy (non-hydrogen) atoms. The average Bonchev–Trinajstić information content (AvgIpc) is 3.13. The molecule has 0 unspecified atom stereocenters. The van der Waals surface area contributed by atoms with E-state index in [-0.39, 0.29) is 0 Å². The Kier molecular flexibility index (Phi) is 4.29. The molecule has 1 aromatic carbocycles. The van der Waals surface area contributed by atoms with Gasteiger partial charge >= 0.3 is 0 Å². The molecular formula is C13H18BrNO2. The SMILES string of the molecule is CCOc1c(CNC2CC2)cc(Br)cc1OC. The molecule has 1 aromatic rings. The average molecular weight is 300 g/mol. The largest absolute Gasteiger partial charge is 0.493 e. The van der Waals surface area contributed by atoms with Crippen LogP contribution in [0.1, 0.15) is 25.3 Å². The molecule has 0 bridgehead atoms. The van der Waals surface area contributed by atoms with Crippen molar-refractivity contribution in [2.45, 2.75) is 32.4 Å². The first-order valence-electron chi connectivity index (χ1n) is 5.97. The Morgan fingerprint density at radius 3 is 2.76 bits per heavy atom. The van der Waals surface area contributed by atoms with E-state index in [1.165, 1.54) is 12.8 Å². The van der Waals surface area contributed by atoms with Gasteiger partial charge < -0.3 is 14.8 Å².